The van der Waals surface area contributed by atoms with Crippen LogP contribution in [0, 0.1) is 0 Å². The van der Waals surface area contributed by atoms with Gasteiger partial charge in [0.25, 0.3) is 0 Å². The van der Waals surface area contributed by atoms with Gasteiger partial charge < -0.3 is 5.73 Å². The first kappa shape index (κ1) is 11.1. The predicted molar refractivity (Wildman–Crippen MR) is 57.9 cm³/mol. The average Bonchev–Trinajstić information content (AvgIpc) is 2.18. The standard InChI is InChI=1S/C8H10N2O2S2/c1-2-14(11,12)6-4-3-5-10-7(6)8(9)13/h3-5H,2H2,1H3,(H2,9,13). The van der Waals surface area contributed by atoms with Gasteiger partial charge in [0.1, 0.15) is 10.7 Å². The number of thiocarbonyl (C=S) groups is 1. The molecule has 0 aromatic carbocycles. The fourth-order valence-electron chi connectivity index (χ4n) is 0.982. The highest BCUT2D eigenvalue weighted by Crippen LogP contribution is 2.14. The average molecular weight is 230 g/mol. The zero-order valence-electron chi connectivity index (χ0n) is 7.60. The molecule has 0 saturated carbocycles. The van der Waals surface area contributed by atoms with E-state index in [4.69, 9.17) is 18.0 Å². The van der Waals surface area contributed by atoms with Crippen molar-refractivity contribution >= 4 is 27.0 Å². The van der Waals surface area contributed by atoms with Gasteiger partial charge in [-0.3, -0.25) is 4.98 Å². The van der Waals surface area contributed by atoms with Crippen LogP contribution in [0.25, 0.3) is 0 Å². The van der Waals surface area contributed by atoms with Gasteiger partial charge in [0.15, 0.2) is 9.84 Å². The van der Waals surface area contributed by atoms with Gasteiger partial charge in [0.2, 0.25) is 0 Å². The minimum atomic E-state index is -3.30. The first-order valence-electron chi connectivity index (χ1n) is 3.96. The number of sulfone groups is 1. The highest BCUT2D eigenvalue weighted by atomic mass is 32.2. The highest BCUT2D eigenvalue weighted by molar-refractivity contribution is 7.91. The molecule has 1 aromatic heterocycles. The molecule has 4 nitrogen and oxygen atoms in total. The third-order valence-electron chi connectivity index (χ3n) is 1.72. The first-order valence-corrected chi connectivity index (χ1v) is 6.02. The normalized spacial score (nSPS) is 11.2. The largest absolute Gasteiger partial charge is 0.388 e. The predicted octanol–water partition coefficient (Wildman–Crippen LogP) is 0.509. The summed E-state index contributed by atoms with van der Waals surface area (Å²) in [5.74, 6) is 0.00824. The molecule has 0 bridgehead atoms. The van der Waals surface area contributed by atoms with Crippen LogP contribution in [0.15, 0.2) is 23.2 Å². The molecule has 0 fully saturated rings. The molecule has 1 aromatic rings. The van der Waals surface area contributed by atoms with Crippen molar-refractivity contribution in [1.29, 1.82) is 0 Å². The monoisotopic (exact) mass is 230 g/mol. The summed E-state index contributed by atoms with van der Waals surface area (Å²) >= 11 is 4.72. The topological polar surface area (TPSA) is 73.0 Å². The van der Waals surface area contributed by atoms with Crippen molar-refractivity contribution in [3.05, 3.63) is 24.0 Å². The maximum Gasteiger partial charge on any atom is 0.180 e. The van der Waals surface area contributed by atoms with Gasteiger partial charge in [-0.2, -0.15) is 0 Å². The van der Waals surface area contributed by atoms with Crippen LogP contribution >= 0.6 is 12.2 Å². The summed E-state index contributed by atoms with van der Waals surface area (Å²) in [6.07, 6.45) is 1.46. The third kappa shape index (κ3) is 2.08. The Kier molecular flexibility index (Phi) is 3.17. The second-order valence-electron chi connectivity index (χ2n) is 2.62. The maximum absolute atomic E-state index is 11.6. The number of hydrogen-bond acceptors (Lipinski definition) is 4. The molecule has 0 spiro atoms. The summed E-state index contributed by atoms with van der Waals surface area (Å²) in [7, 11) is -3.30. The Balaban J connectivity index is 3.42. The number of aromatic nitrogens is 1. The molecule has 0 radical (unpaired) electrons. The van der Waals surface area contributed by atoms with Gasteiger partial charge in [-0.15, -0.1) is 0 Å². The first-order chi connectivity index (χ1) is 6.49. The van der Waals surface area contributed by atoms with Crippen molar-refractivity contribution in [1.82, 2.24) is 4.98 Å². The third-order valence-corrected chi connectivity index (χ3v) is 3.67. The molecule has 0 atom stereocenters. The van der Waals surface area contributed by atoms with Gasteiger partial charge in [0, 0.05) is 6.20 Å². The zero-order chi connectivity index (χ0) is 10.8. The van der Waals surface area contributed by atoms with E-state index in [-0.39, 0.29) is 21.3 Å². The Morgan fingerprint density at radius 2 is 2.29 bits per heavy atom. The second kappa shape index (κ2) is 4.02. The quantitative estimate of drug-likeness (QED) is 0.766. The molecule has 0 saturated heterocycles. The van der Waals surface area contributed by atoms with Gasteiger partial charge in [-0.1, -0.05) is 19.1 Å². The molecule has 6 heteroatoms. The van der Waals surface area contributed by atoms with Gasteiger partial charge in [-0.25, -0.2) is 8.42 Å². The Hall–Kier alpha value is -1.01. The van der Waals surface area contributed by atoms with Crippen LogP contribution in [-0.2, 0) is 9.84 Å². The van der Waals surface area contributed by atoms with Crippen LogP contribution in [0.2, 0.25) is 0 Å². The van der Waals surface area contributed by atoms with E-state index >= 15 is 0 Å². The molecule has 0 amide bonds. The lowest BCUT2D eigenvalue weighted by atomic mass is 10.3. The molecular formula is C8H10N2O2S2. The minimum absolute atomic E-state index is 0.00220. The zero-order valence-corrected chi connectivity index (χ0v) is 9.23. The number of hydrogen-bond donors (Lipinski definition) is 1. The van der Waals surface area contributed by atoms with Crippen LogP contribution in [0.4, 0.5) is 0 Å². The molecule has 1 heterocycles. The molecule has 14 heavy (non-hydrogen) atoms. The molecule has 1 rings (SSSR count). The number of rotatable bonds is 3. The van der Waals surface area contributed by atoms with Crippen LogP contribution in [-0.4, -0.2) is 24.1 Å². The van der Waals surface area contributed by atoms with Crippen molar-refractivity contribution in [2.45, 2.75) is 11.8 Å². The smallest absolute Gasteiger partial charge is 0.180 e. The van der Waals surface area contributed by atoms with E-state index in [1.807, 2.05) is 0 Å². The van der Waals surface area contributed by atoms with Crippen molar-refractivity contribution in [2.75, 3.05) is 5.75 Å². The van der Waals surface area contributed by atoms with E-state index in [0.29, 0.717) is 0 Å². The molecule has 0 aliphatic carbocycles. The fraction of sp³-hybridized carbons (Fsp3) is 0.250. The number of nitrogens with two attached hydrogens (primary N) is 1. The van der Waals surface area contributed by atoms with Crippen molar-refractivity contribution in [3.8, 4) is 0 Å². The van der Waals surface area contributed by atoms with Crippen molar-refractivity contribution in [3.63, 3.8) is 0 Å². The van der Waals surface area contributed by atoms with Gasteiger partial charge >= 0.3 is 0 Å². The fourth-order valence-corrected chi connectivity index (χ4v) is 2.26. The lowest BCUT2D eigenvalue weighted by Crippen LogP contribution is -2.17. The lowest BCUT2D eigenvalue weighted by molar-refractivity contribution is 0.596. The number of pyridine rings is 1. The molecular weight excluding hydrogens is 220 g/mol. The van der Waals surface area contributed by atoms with E-state index in [0.717, 1.165) is 0 Å². The molecule has 0 aliphatic heterocycles. The highest BCUT2D eigenvalue weighted by Gasteiger charge is 2.18. The van der Waals surface area contributed by atoms with Crippen molar-refractivity contribution < 1.29 is 8.42 Å². The second-order valence-corrected chi connectivity index (χ2v) is 5.30. The Morgan fingerprint density at radius 1 is 1.64 bits per heavy atom. The Morgan fingerprint density at radius 3 is 2.79 bits per heavy atom. The molecule has 0 aliphatic rings. The minimum Gasteiger partial charge on any atom is -0.388 e. The summed E-state index contributed by atoms with van der Waals surface area (Å²) in [6.45, 7) is 1.56. The van der Waals surface area contributed by atoms with Gasteiger partial charge in [0.05, 0.1) is 10.6 Å². The van der Waals surface area contributed by atoms with Crippen molar-refractivity contribution in [2.24, 2.45) is 5.73 Å². The van der Waals surface area contributed by atoms with E-state index in [9.17, 15) is 8.42 Å². The van der Waals surface area contributed by atoms with Crippen LogP contribution in [0.1, 0.15) is 12.6 Å². The summed E-state index contributed by atoms with van der Waals surface area (Å²) < 4.78 is 23.1. The van der Waals surface area contributed by atoms with E-state index in [1.54, 1.807) is 13.0 Å². The van der Waals surface area contributed by atoms with Crippen LogP contribution < -0.4 is 5.73 Å². The number of nitrogens with zero attached hydrogens (tertiary/aromatic N) is 1. The Bertz CT molecular complexity index is 454. The van der Waals surface area contributed by atoms with E-state index < -0.39 is 9.84 Å². The summed E-state index contributed by atoms with van der Waals surface area (Å²) in [6, 6.07) is 3.00. The molecule has 76 valence electrons. The van der Waals surface area contributed by atoms with E-state index in [1.165, 1.54) is 12.3 Å². The van der Waals surface area contributed by atoms with Gasteiger partial charge in [-0.05, 0) is 12.1 Å². The van der Waals surface area contributed by atoms with Crippen LogP contribution in [0.5, 0.6) is 0 Å². The van der Waals surface area contributed by atoms with Crippen LogP contribution in [0.3, 0.4) is 0 Å². The molecule has 0 unspecified atom stereocenters. The Labute approximate surface area is 88.1 Å². The summed E-state index contributed by atoms with van der Waals surface area (Å²) in [4.78, 5) is 3.95. The SMILES string of the molecule is CCS(=O)(=O)c1cccnc1C(N)=S. The molecule has 2 N–H and O–H groups in total. The van der Waals surface area contributed by atoms with E-state index in [2.05, 4.69) is 4.98 Å². The lowest BCUT2D eigenvalue weighted by Gasteiger charge is -2.05. The summed E-state index contributed by atoms with van der Waals surface area (Å²) in [5, 5.41) is 0. The maximum atomic E-state index is 11.6. The summed E-state index contributed by atoms with van der Waals surface area (Å²) in [5.41, 5.74) is 5.54.